The van der Waals surface area contributed by atoms with Crippen molar-refractivity contribution in [2.24, 2.45) is 0 Å². The van der Waals surface area contributed by atoms with E-state index in [0.29, 0.717) is 0 Å². The fourth-order valence-electron chi connectivity index (χ4n) is 0.611. The SMILES string of the molecule is C=C(C)C(=O)O.C=C(C)C(=O)O.CCCOCCOCCC. The predicted molar refractivity (Wildman–Crippen MR) is 87.1 cm³/mol. The standard InChI is InChI=1S/C8H18O2.2C4H6O2/c1-3-5-9-7-8-10-6-4-2;2*1-3(2)4(5)6/h3-8H2,1-2H3;2*1H2,2H3,(H,5,6). The van der Waals surface area contributed by atoms with Crippen LogP contribution in [0.25, 0.3) is 0 Å². The highest BCUT2D eigenvalue weighted by atomic mass is 16.5. The molecule has 0 unspecified atom stereocenters. The number of rotatable bonds is 9. The highest BCUT2D eigenvalue weighted by Crippen LogP contribution is 1.83. The first kappa shape index (κ1) is 25.3. The van der Waals surface area contributed by atoms with Crippen LogP contribution in [0.15, 0.2) is 24.3 Å². The second-order valence-corrected chi connectivity index (χ2v) is 4.40. The van der Waals surface area contributed by atoms with Crippen LogP contribution in [0.4, 0.5) is 0 Å². The molecule has 0 spiro atoms. The molecular weight excluding hydrogens is 288 g/mol. The smallest absolute Gasteiger partial charge is 0.330 e. The molecule has 0 aliphatic carbocycles. The second-order valence-electron chi connectivity index (χ2n) is 4.40. The molecule has 0 aromatic heterocycles. The maximum Gasteiger partial charge on any atom is 0.330 e. The Hall–Kier alpha value is -1.66. The molecule has 0 fully saturated rings. The minimum atomic E-state index is -0.935. The second kappa shape index (κ2) is 19.3. The molecule has 0 heterocycles. The van der Waals surface area contributed by atoms with Gasteiger partial charge in [-0.05, 0) is 26.7 Å². The average Bonchev–Trinajstić information content (AvgIpc) is 2.44. The van der Waals surface area contributed by atoms with E-state index in [-0.39, 0.29) is 11.1 Å². The molecular formula is C16H30O6. The van der Waals surface area contributed by atoms with Gasteiger partial charge in [0.1, 0.15) is 0 Å². The zero-order valence-electron chi connectivity index (χ0n) is 14.2. The molecule has 0 radical (unpaired) electrons. The Morgan fingerprint density at radius 1 is 0.773 bits per heavy atom. The summed E-state index contributed by atoms with van der Waals surface area (Å²) in [5.74, 6) is -1.87. The van der Waals surface area contributed by atoms with Gasteiger partial charge in [0.2, 0.25) is 0 Å². The van der Waals surface area contributed by atoms with Crippen molar-refractivity contribution in [2.75, 3.05) is 26.4 Å². The minimum absolute atomic E-state index is 0.176. The third-order valence-electron chi connectivity index (χ3n) is 1.80. The van der Waals surface area contributed by atoms with Gasteiger partial charge in [-0.1, -0.05) is 27.0 Å². The number of carbonyl (C=O) groups is 2. The Morgan fingerprint density at radius 3 is 1.14 bits per heavy atom. The van der Waals surface area contributed by atoms with Crippen molar-refractivity contribution in [2.45, 2.75) is 40.5 Å². The summed E-state index contributed by atoms with van der Waals surface area (Å²) in [6, 6.07) is 0. The van der Waals surface area contributed by atoms with Gasteiger partial charge in [0, 0.05) is 24.4 Å². The first-order valence-electron chi connectivity index (χ1n) is 7.13. The van der Waals surface area contributed by atoms with Crippen LogP contribution in [-0.2, 0) is 19.1 Å². The molecule has 0 aromatic rings. The molecule has 130 valence electrons. The van der Waals surface area contributed by atoms with Gasteiger partial charge in [0.05, 0.1) is 13.2 Å². The Bertz CT molecular complexity index is 267. The normalized spacial score (nSPS) is 8.73. The third kappa shape index (κ3) is 31.0. The van der Waals surface area contributed by atoms with Gasteiger partial charge in [0.25, 0.3) is 0 Å². The van der Waals surface area contributed by atoms with E-state index < -0.39 is 11.9 Å². The molecule has 0 saturated carbocycles. The van der Waals surface area contributed by atoms with E-state index in [1.807, 2.05) is 0 Å². The number of aliphatic carboxylic acids is 2. The zero-order valence-corrected chi connectivity index (χ0v) is 14.2. The topological polar surface area (TPSA) is 93.1 Å². The molecule has 0 saturated heterocycles. The van der Waals surface area contributed by atoms with Crippen molar-refractivity contribution < 1.29 is 29.3 Å². The van der Waals surface area contributed by atoms with E-state index in [4.69, 9.17) is 19.7 Å². The Kier molecular flexibility index (Phi) is 22.2. The van der Waals surface area contributed by atoms with Crippen molar-refractivity contribution >= 4 is 11.9 Å². The lowest BCUT2D eigenvalue weighted by Crippen LogP contribution is -2.04. The Balaban J connectivity index is -0.000000261. The lowest BCUT2D eigenvalue weighted by molar-refractivity contribution is -0.133. The molecule has 0 aromatic carbocycles. The molecule has 22 heavy (non-hydrogen) atoms. The molecule has 0 aliphatic rings. The van der Waals surface area contributed by atoms with Crippen LogP contribution in [0.1, 0.15) is 40.5 Å². The van der Waals surface area contributed by atoms with Crippen LogP contribution in [-0.4, -0.2) is 48.6 Å². The number of carboxylic acids is 2. The third-order valence-corrected chi connectivity index (χ3v) is 1.80. The van der Waals surface area contributed by atoms with Crippen molar-refractivity contribution in [1.29, 1.82) is 0 Å². The van der Waals surface area contributed by atoms with E-state index in [9.17, 15) is 9.59 Å². The average molecular weight is 318 g/mol. The highest BCUT2D eigenvalue weighted by molar-refractivity contribution is 5.85. The molecule has 0 rings (SSSR count). The molecule has 6 heteroatoms. The molecule has 0 atom stereocenters. The quantitative estimate of drug-likeness (QED) is 0.501. The zero-order chi connectivity index (χ0) is 18.0. The summed E-state index contributed by atoms with van der Waals surface area (Å²) in [5.41, 5.74) is 0.352. The number of carboxylic acid groups (broad SMARTS) is 2. The fraction of sp³-hybridized carbons (Fsp3) is 0.625. The van der Waals surface area contributed by atoms with Crippen LogP contribution < -0.4 is 0 Å². The van der Waals surface area contributed by atoms with Crippen molar-refractivity contribution in [1.82, 2.24) is 0 Å². The maximum atomic E-state index is 9.60. The summed E-state index contributed by atoms with van der Waals surface area (Å²) in [6.45, 7) is 16.6. The fourth-order valence-corrected chi connectivity index (χ4v) is 0.611. The lowest BCUT2D eigenvalue weighted by Gasteiger charge is -2.02. The maximum absolute atomic E-state index is 9.60. The van der Waals surface area contributed by atoms with E-state index in [0.717, 1.165) is 39.3 Å². The van der Waals surface area contributed by atoms with Gasteiger partial charge >= 0.3 is 11.9 Å². The number of hydrogen-bond donors (Lipinski definition) is 2. The van der Waals surface area contributed by atoms with Gasteiger partial charge in [-0.25, -0.2) is 9.59 Å². The van der Waals surface area contributed by atoms with Crippen LogP contribution in [0.2, 0.25) is 0 Å². The van der Waals surface area contributed by atoms with Crippen molar-refractivity contribution in [3.05, 3.63) is 24.3 Å². The molecule has 6 nitrogen and oxygen atoms in total. The minimum Gasteiger partial charge on any atom is -0.478 e. The number of ether oxygens (including phenoxy) is 2. The van der Waals surface area contributed by atoms with E-state index in [2.05, 4.69) is 27.0 Å². The first-order chi connectivity index (χ1) is 10.2. The molecule has 0 amide bonds. The van der Waals surface area contributed by atoms with Gasteiger partial charge in [-0.2, -0.15) is 0 Å². The summed E-state index contributed by atoms with van der Waals surface area (Å²) >= 11 is 0. The predicted octanol–water partition coefficient (Wildman–Crippen LogP) is 3.13. The monoisotopic (exact) mass is 318 g/mol. The van der Waals surface area contributed by atoms with Crippen molar-refractivity contribution in [3.8, 4) is 0 Å². The van der Waals surface area contributed by atoms with Crippen molar-refractivity contribution in [3.63, 3.8) is 0 Å². The molecule has 2 N–H and O–H groups in total. The molecule has 0 aliphatic heterocycles. The van der Waals surface area contributed by atoms with Gasteiger partial charge < -0.3 is 19.7 Å². The van der Waals surface area contributed by atoms with Gasteiger partial charge in [0.15, 0.2) is 0 Å². The summed E-state index contributed by atoms with van der Waals surface area (Å²) in [4.78, 5) is 19.2. The van der Waals surface area contributed by atoms with Crippen LogP contribution in [0, 0.1) is 0 Å². The van der Waals surface area contributed by atoms with Crippen LogP contribution in [0.3, 0.4) is 0 Å². The highest BCUT2D eigenvalue weighted by Gasteiger charge is 1.90. The van der Waals surface area contributed by atoms with E-state index >= 15 is 0 Å². The largest absolute Gasteiger partial charge is 0.478 e. The van der Waals surface area contributed by atoms with E-state index in [1.165, 1.54) is 13.8 Å². The van der Waals surface area contributed by atoms with Crippen LogP contribution >= 0.6 is 0 Å². The Morgan fingerprint density at radius 2 is 1.00 bits per heavy atom. The summed E-state index contributed by atoms with van der Waals surface area (Å²) in [5, 5.41) is 15.8. The Labute approximate surface area is 133 Å². The molecule has 0 bridgehead atoms. The lowest BCUT2D eigenvalue weighted by atomic mass is 10.4. The van der Waals surface area contributed by atoms with Gasteiger partial charge in [-0.3, -0.25) is 0 Å². The van der Waals surface area contributed by atoms with E-state index in [1.54, 1.807) is 0 Å². The summed E-state index contributed by atoms with van der Waals surface area (Å²) in [7, 11) is 0. The number of hydrogen-bond acceptors (Lipinski definition) is 4. The van der Waals surface area contributed by atoms with Gasteiger partial charge in [-0.15, -0.1) is 0 Å². The first-order valence-corrected chi connectivity index (χ1v) is 7.13. The summed E-state index contributed by atoms with van der Waals surface area (Å²) < 4.78 is 10.4. The summed E-state index contributed by atoms with van der Waals surface area (Å²) in [6.07, 6.45) is 2.18. The van der Waals surface area contributed by atoms with Crippen LogP contribution in [0.5, 0.6) is 0 Å².